The summed E-state index contributed by atoms with van der Waals surface area (Å²) < 4.78 is 3.12. The Hall–Kier alpha value is -11.3. The van der Waals surface area contributed by atoms with E-state index in [1.807, 2.05) is 124 Å². The number of carbonyl (C=O) groups is 1. The fourth-order valence-electron chi connectivity index (χ4n) is 10.7. The number of nitrogens with zero attached hydrogens (tertiary/aromatic N) is 14. The maximum Gasteiger partial charge on any atom is 0.347 e. The van der Waals surface area contributed by atoms with Gasteiger partial charge >= 0.3 is 17.4 Å². The summed E-state index contributed by atoms with van der Waals surface area (Å²) in [5.74, 6) is 3.53. The Labute approximate surface area is 573 Å². The topological polar surface area (TPSA) is 340 Å². The van der Waals surface area contributed by atoms with Crippen molar-refractivity contribution in [3.05, 3.63) is 219 Å². The van der Waals surface area contributed by atoms with Crippen LogP contribution in [0.2, 0.25) is 0 Å². The number of rotatable bonds is 8. The molecule has 516 valence electrons. The normalized spacial score (nSPS) is 13.2. The number of aromatic nitrogens is 20. The molecule has 0 aromatic carbocycles. The summed E-state index contributed by atoms with van der Waals surface area (Å²) in [5.41, 5.74) is 21.5. The second kappa shape index (κ2) is 33.1. The second-order valence-corrected chi connectivity index (χ2v) is 26.3. The molecule has 9 N–H and O–H groups in total. The molecule has 16 rings (SSSR count). The van der Waals surface area contributed by atoms with Crippen LogP contribution < -0.4 is 22.2 Å². The third kappa shape index (κ3) is 17.9. The Morgan fingerprint density at radius 2 is 1.21 bits per heavy atom. The molecule has 2 aliphatic rings. The molecule has 2 amide bonds. The van der Waals surface area contributed by atoms with Crippen molar-refractivity contribution in [1.29, 1.82) is 0 Å². The van der Waals surface area contributed by atoms with E-state index in [1.54, 1.807) is 40.3 Å². The van der Waals surface area contributed by atoms with Crippen LogP contribution in [-0.4, -0.2) is 117 Å². The molecule has 26 heteroatoms. The number of allylic oxidation sites excluding steroid dienone is 2. The molecule has 1 unspecified atom stereocenters. The second-order valence-electron chi connectivity index (χ2n) is 26.3. The standard InChI is InChI=1S/C10H12N2.C9H13N3O.2C9H11N3O.4C9H11N3/c1-7(2)9-5-10-8(6-12-9)3-4-11-10;1-6(2)7-3-4-8-10-11-9(13)12(8)5-7;1-6(2)7-4-3-5-12-8(7)10-11-9(12)13;1-6(2)7-4-3-5-8-10-11-9(13)12(7)8;1-6(2)8-3-9-7(4-10-8)5-11-12-9;1-6(2)9-7-5-11-12-8(7)3-4-10-9;1-6(2)7-5-12-9-8(7)10-3-4-11-9;1-6(2)8-7-4-3-5-10-9(7)12-11-8/h3-7,11H,1-2H3;3-6,8,10H,1-2H3,(H,11,13);2*3-6H,1-2H3,(H,11,13);3*3-6H,1-2H3,(H,11,12);3-6H,1-2H3,(H,10,11,12). The first-order chi connectivity index (χ1) is 47.5. The number of pyridine rings is 6. The van der Waals surface area contributed by atoms with Gasteiger partial charge in [-0.2, -0.15) is 25.5 Å². The van der Waals surface area contributed by atoms with Gasteiger partial charge in [0.25, 0.3) is 0 Å². The smallest absolute Gasteiger partial charge is 0.347 e. The van der Waals surface area contributed by atoms with Crippen molar-refractivity contribution >= 4 is 72.2 Å². The Morgan fingerprint density at radius 1 is 0.505 bits per heavy atom. The monoisotopic (exact) mass is 1340 g/mol. The van der Waals surface area contributed by atoms with Crippen LogP contribution in [0.4, 0.5) is 4.79 Å². The van der Waals surface area contributed by atoms with E-state index in [0.717, 1.165) is 83.7 Å². The molecular weight excluding hydrogens is 1250 g/mol. The number of nitrogens with one attached hydrogen (secondary N) is 9. The van der Waals surface area contributed by atoms with Crippen LogP contribution in [0.5, 0.6) is 0 Å². The van der Waals surface area contributed by atoms with E-state index >= 15 is 0 Å². The first kappa shape index (κ1) is 72.0. The third-order valence-corrected chi connectivity index (χ3v) is 16.3. The predicted octanol–water partition coefficient (Wildman–Crippen LogP) is 14.3. The summed E-state index contributed by atoms with van der Waals surface area (Å²) >= 11 is 0. The summed E-state index contributed by atoms with van der Waals surface area (Å²) in [6.45, 7) is 33.9. The molecule has 99 heavy (non-hydrogen) atoms. The molecular formula is C73H91N23O3. The fourth-order valence-corrected chi connectivity index (χ4v) is 10.7. The van der Waals surface area contributed by atoms with E-state index in [2.05, 4.69) is 211 Å². The Kier molecular flexibility index (Phi) is 24.1. The zero-order valence-electron chi connectivity index (χ0n) is 59.1. The predicted molar refractivity (Wildman–Crippen MR) is 391 cm³/mol. The van der Waals surface area contributed by atoms with Gasteiger partial charge in [0.1, 0.15) is 11.7 Å². The number of amides is 2. The van der Waals surface area contributed by atoms with Crippen molar-refractivity contribution in [3.8, 4) is 0 Å². The van der Waals surface area contributed by atoms with E-state index in [4.69, 9.17) is 0 Å². The number of urea groups is 1. The fraction of sp³-hybridized carbons (Fsp3) is 0.342. The van der Waals surface area contributed by atoms with E-state index in [0.29, 0.717) is 53.0 Å². The molecule has 26 nitrogen and oxygen atoms in total. The molecule has 0 bridgehead atoms. The van der Waals surface area contributed by atoms with E-state index < -0.39 is 0 Å². The average Bonchev–Trinajstić information content (AvgIpc) is 1.75. The molecule has 0 saturated carbocycles. The van der Waals surface area contributed by atoms with Crippen molar-refractivity contribution < 1.29 is 4.79 Å². The van der Waals surface area contributed by atoms with Gasteiger partial charge in [-0.15, -0.1) is 0 Å². The number of hydrogen-bond donors (Lipinski definition) is 9. The Balaban J connectivity index is 0.000000132. The summed E-state index contributed by atoms with van der Waals surface area (Å²) in [5, 5.41) is 38.1. The van der Waals surface area contributed by atoms with E-state index in [1.165, 1.54) is 26.4 Å². The maximum atomic E-state index is 11.3. The van der Waals surface area contributed by atoms with Crippen molar-refractivity contribution in [2.24, 2.45) is 5.92 Å². The van der Waals surface area contributed by atoms with Gasteiger partial charge in [0.05, 0.1) is 29.1 Å². The molecule has 0 aliphatic carbocycles. The van der Waals surface area contributed by atoms with Crippen LogP contribution in [0, 0.1) is 5.92 Å². The van der Waals surface area contributed by atoms with Crippen LogP contribution in [0.1, 0.15) is 192 Å². The molecule has 1 saturated heterocycles. The third-order valence-electron chi connectivity index (χ3n) is 16.3. The van der Waals surface area contributed by atoms with Crippen LogP contribution in [0.25, 0.3) is 66.2 Å². The van der Waals surface area contributed by atoms with Crippen LogP contribution in [0.15, 0.2) is 168 Å². The van der Waals surface area contributed by atoms with Gasteiger partial charge in [0.15, 0.2) is 22.6 Å². The Morgan fingerprint density at radius 3 is 1.92 bits per heavy atom. The molecule has 2 aliphatic heterocycles. The summed E-state index contributed by atoms with van der Waals surface area (Å²) in [4.78, 5) is 67.3. The number of fused-ring (bicyclic) bond motifs is 8. The van der Waals surface area contributed by atoms with Crippen molar-refractivity contribution in [2.45, 2.75) is 158 Å². The first-order valence-electron chi connectivity index (χ1n) is 33.4. The van der Waals surface area contributed by atoms with Gasteiger partial charge in [0.2, 0.25) is 0 Å². The highest BCUT2D eigenvalue weighted by atomic mass is 16.2. The minimum Gasteiger partial charge on any atom is -0.361 e. The van der Waals surface area contributed by atoms with Gasteiger partial charge < -0.3 is 9.97 Å². The maximum absolute atomic E-state index is 11.3. The van der Waals surface area contributed by atoms with Gasteiger partial charge in [-0.05, 0) is 119 Å². The van der Waals surface area contributed by atoms with Crippen LogP contribution >= 0.6 is 0 Å². The molecule has 1 fully saturated rings. The lowest BCUT2D eigenvalue weighted by molar-refractivity contribution is 0.226. The number of carbonyl (C=O) groups excluding carboxylic acids is 1. The zero-order chi connectivity index (χ0) is 71.0. The largest absolute Gasteiger partial charge is 0.361 e. The van der Waals surface area contributed by atoms with Gasteiger partial charge in [-0.1, -0.05) is 129 Å². The van der Waals surface area contributed by atoms with E-state index in [9.17, 15) is 14.4 Å². The summed E-state index contributed by atoms with van der Waals surface area (Å²) in [7, 11) is 0. The first-order valence-corrected chi connectivity index (χ1v) is 33.4. The summed E-state index contributed by atoms with van der Waals surface area (Å²) in [6, 6.07) is 21.5. The van der Waals surface area contributed by atoms with Gasteiger partial charge in [-0.3, -0.25) is 50.0 Å². The van der Waals surface area contributed by atoms with Crippen molar-refractivity contribution in [1.82, 2.24) is 115 Å². The lowest BCUT2D eigenvalue weighted by Crippen LogP contribution is -2.34. The lowest BCUT2D eigenvalue weighted by atomic mass is 10.0. The SMILES string of the molecule is CC(C)C1=CN2C(=O)NNC2C=C1.CC(C)c1[nH]nc2ncccc12.CC(C)c1c[nH]c2nccnc12.CC(C)c1cc2[nH]ccc2cn1.CC(C)c1cc2[nH]ncc2cn1.CC(C)c1cccc2n[nH]c(=O)n12.CC(C)c1cccn2c(=O)[nH]nc12.CC(C)c1nccc2[nH]ncc12. The highest BCUT2D eigenvalue weighted by molar-refractivity contribution is 5.81. The molecule has 0 spiro atoms. The Bertz CT molecular complexity index is 4930. The van der Waals surface area contributed by atoms with Crippen LogP contribution in [0.3, 0.4) is 0 Å². The minimum absolute atomic E-state index is 0.0185. The lowest BCUT2D eigenvalue weighted by Gasteiger charge is -2.22. The van der Waals surface area contributed by atoms with E-state index in [-0.39, 0.29) is 23.6 Å². The summed E-state index contributed by atoms with van der Waals surface area (Å²) in [6.07, 6.45) is 25.9. The highest BCUT2D eigenvalue weighted by Gasteiger charge is 2.29. The average molecular weight is 1340 g/mol. The zero-order valence-corrected chi connectivity index (χ0v) is 59.1. The molecule has 14 aromatic rings. The van der Waals surface area contributed by atoms with Crippen LogP contribution in [-0.2, 0) is 0 Å². The van der Waals surface area contributed by atoms with Gasteiger partial charge in [-0.25, -0.2) is 44.4 Å². The molecule has 16 heterocycles. The molecule has 1 atom stereocenters. The minimum atomic E-state index is -0.183. The van der Waals surface area contributed by atoms with Gasteiger partial charge in [0, 0.05) is 117 Å². The van der Waals surface area contributed by atoms with Crippen molar-refractivity contribution in [3.63, 3.8) is 0 Å². The number of hydrazine groups is 1. The molecule has 14 aromatic heterocycles. The quantitative estimate of drug-likeness (QED) is 0.0683. The number of hydrogen-bond acceptors (Lipinski definition) is 15. The molecule has 0 radical (unpaired) electrons. The number of H-pyrrole nitrogens is 7. The van der Waals surface area contributed by atoms with Crippen molar-refractivity contribution in [2.75, 3.05) is 0 Å². The highest BCUT2D eigenvalue weighted by Crippen LogP contribution is 2.25. The number of aromatic amines is 7.